The van der Waals surface area contributed by atoms with E-state index in [1.165, 1.54) is 0 Å². The molecule has 0 radical (unpaired) electrons. The Hall–Kier alpha value is -1.52. The van der Waals surface area contributed by atoms with Crippen LogP contribution in [0.4, 0.5) is 0 Å². The minimum atomic E-state index is 0.520. The molecule has 0 aliphatic heterocycles. The molecule has 15 heavy (non-hydrogen) atoms. The number of aromatic nitrogens is 1. The number of nitrogens with zero attached hydrogens (tertiary/aromatic N) is 4. The van der Waals surface area contributed by atoms with E-state index >= 15 is 0 Å². The highest BCUT2D eigenvalue weighted by Crippen LogP contribution is 2.04. The molecule has 0 atom stereocenters. The summed E-state index contributed by atoms with van der Waals surface area (Å²) in [7, 11) is 7.85. The highest BCUT2D eigenvalue weighted by Gasteiger charge is 2.05. The van der Waals surface area contributed by atoms with E-state index in [9.17, 15) is 0 Å². The molecule has 1 heterocycles. The van der Waals surface area contributed by atoms with Crippen LogP contribution in [-0.2, 0) is 6.54 Å². The average molecular weight is 210 g/mol. The molecule has 0 amide bonds. The van der Waals surface area contributed by atoms with Crippen LogP contribution in [0.3, 0.4) is 0 Å². The molecule has 0 unspecified atom stereocenters. The average Bonchev–Trinajstić information content (AvgIpc) is 2.50. The fourth-order valence-electron chi connectivity index (χ4n) is 1.32. The van der Waals surface area contributed by atoms with Gasteiger partial charge in [0.25, 0.3) is 0 Å². The Morgan fingerprint density at radius 1 is 1.33 bits per heavy atom. The minimum absolute atomic E-state index is 0.520. The van der Waals surface area contributed by atoms with E-state index in [4.69, 9.17) is 4.52 Å². The standard InChI is InChI=1S/C10H18N4O/c1-8-6-9(15-12-8)7-11-10(13(2)3)14(4)5/h6H,7H2,1-5H3. The van der Waals surface area contributed by atoms with Gasteiger partial charge in [-0.05, 0) is 6.92 Å². The van der Waals surface area contributed by atoms with Gasteiger partial charge in [-0.1, -0.05) is 5.16 Å². The summed E-state index contributed by atoms with van der Waals surface area (Å²) in [5.74, 6) is 1.69. The smallest absolute Gasteiger partial charge is 0.195 e. The van der Waals surface area contributed by atoms with Crippen molar-refractivity contribution < 1.29 is 4.52 Å². The van der Waals surface area contributed by atoms with Crippen LogP contribution in [-0.4, -0.2) is 49.1 Å². The summed E-state index contributed by atoms with van der Waals surface area (Å²) in [6, 6.07) is 1.90. The minimum Gasteiger partial charge on any atom is -0.359 e. The Morgan fingerprint density at radius 3 is 2.33 bits per heavy atom. The summed E-state index contributed by atoms with van der Waals surface area (Å²) in [6.07, 6.45) is 0. The second kappa shape index (κ2) is 4.82. The Morgan fingerprint density at radius 2 is 1.93 bits per heavy atom. The molecule has 0 aromatic carbocycles. The topological polar surface area (TPSA) is 44.9 Å². The van der Waals surface area contributed by atoms with Crippen LogP contribution in [0.1, 0.15) is 11.5 Å². The van der Waals surface area contributed by atoms with Gasteiger partial charge >= 0.3 is 0 Å². The lowest BCUT2D eigenvalue weighted by Gasteiger charge is -2.22. The summed E-state index contributed by atoms with van der Waals surface area (Å²) >= 11 is 0. The van der Waals surface area contributed by atoms with Gasteiger partial charge in [0.1, 0.15) is 6.54 Å². The van der Waals surface area contributed by atoms with Gasteiger partial charge in [0.15, 0.2) is 11.7 Å². The second-order valence-corrected chi connectivity index (χ2v) is 3.84. The lowest BCUT2D eigenvalue weighted by molar-refractivity contribution is 0.379. The molecule has 0 fully saturated rings. The SMILES string of the molecule is Cc1cc(CN=C(N(C)C)N(C)C)on1. The highest BCUT2D eigenvalue weighted by atomic mass is 16.5. The van der Waals surface area contributed by atoms with Gasteiger partial charge in [0.05, 0.1) is 5.69 Å². The van der Waals surface area contributed by atoms with Crippen LogP contribution < -0.4 is 0 Å². The lowest BCUT2D eigenvalue weighted by Crippen LogP contribution is -2.35. The maximum Gasteiger partial charge on any atom is 0.195 e. The number of aryl methyl sites for hydroxylation is 1. The molecule has 0 spiro atoms. The van der Waals surface area contributed by atoms with E-state index in [-0.39, 0.29) is 0 Å². The summed E-state index contributed by atoms with van der Waals surface area (Å²) in [6.45, 7) is 2.42. The zero-order chi connectivity index (χ0) is 11.4. The van der Waals surface area contributed by atoms with E-state index in [0.29, 0.717) is 6.54 Å². The first-order valence-electron chi connectivity index (χ1n) is 4.82. The van der Waals surface area contributed by atoms with E-state index in [2.05, 4.69) is 10.1 Å². The van der Waals surface area contributed by atoms with Gasteiger partial charge in [0.2, 0.25) is 0 Å². The maximum atomic E-state index is 5.08. The lowest BCUT2D eigenvalue weighted by atomic mass is 10.4. The first-order chi connectivity index (χ1) is 7.00. The first kappa shape index (κ1) is 11.6. The van der Waals surface area contributed by atoms with Gasteiger partial charge in [-0.2, -0.15) is 0 Å². The molecule has 0 bridgehead atoms. The molecule has 5 nitrogen and oxygen atoms in total. The molecule has 84 valence electrons. The van der Waals surface area contributed by atoms with Crippen molar-refractivity contribution in [3.8, 4) is 0 Å². The van der Waals surface area contributed by atoms with E-state index in [1.807, 2.05) is 51.0 Å². The van der Waals surface area contributed by atoms with Crippen LogP contribution in [0, 0.1) is 6.92 Å². The number of hydrogen-bond donors (Lipinski definition) is 0. The Balaban J connectivity index is 2.69. The third-order valence-corrected chi connectivity index (χ3v) is 1.85. The van der Waals surface area contributed by atoms with Crippen molar-refractivity contribution in [1.82, 2.24) is 15.0 Å². The predicted octanol–water partition coefficient (Wildman–Crippen LogP) is 0.962. The number of rotatable bonds is 2. The largest absolute Gasteiger partial charge is 0.359 e. The normalized spacial score (nSPS) is 9.93. The number of hydrogen-bond acceptors (Lipinski definition) is 3. The van der Waals surface area contributed by atoms with Crippen molar-refractivity contribution in [2.45, 2.75) is 13.5 Å². The van der Waals surface area contributed by atoms with Crippen molar-refractivity contribution in [2.24, 2.45) is 4.99 Å². The number of guanidine groups is 1. The predicted molar refractivity (Wildman–Crippen MR) is 59.8 cm³/mol. The maximum absolute atomic E-state index is 5.08. The van der Waals surface area contributed by atoms with E-state index in [0.717, 1.165) is 17.4 Å². The van der Waals surface area contributed by atoms with Crippen molar-refractivity contribution in [3.05, 3.63) is 17.5 Å². The monoisotopic (exact) mass is 210 g/mol. The summed E-state index contributed by atoms with van der Waals surface area (Å²) in [5.41, 5.74) is 0.886. The molecule has 0 saturated heterocycles. The molecular weight excluding hydrogens is 192 g/mol. The molecule has 0 aliphatic carbocycles. The first-order valence-corrected chi connectivity index (χ1v) is 4.82. The van der Waals surface area contributed by atoms with Gasteiger partial charge in [0, 0.05) is 34.3 Å². The highest BCUT2D eigenvalue weighted by molar-refractivity contribution is 5.79. The Labute approximate surface area is 90.4 Å². The van der Waals surface area contributed by atoms with Crippen molar-refractivity contribution in [2.75, 3.05) is 28.2 Å². The summed E-state index contributed by atoms with van der Waals surface area (Å²) in [4.78, 5) is 8.36. The third-order valence-electron chi connectivity index (χ3n) is 1.85. The van der Waals surface area contributed by atoms with E-state index in [1.54, 1.807) is 0 Å². The number of aliphatic imine (C=N–C) groups is 1. The van der Waals surface area contributed by atoms with Gasteiger partial charge in [-0.15, -0.1) is 0 Å². The van der Waals surface area contributed by atoms with E-state index < -0.39 is 0 Å². The third kappa shape index (κ3) is 3.27. The quantitative estimate of drug-likeness (QED) is 0.539. The molecule has 1 aromatic heterocycles. The molecular formula is C10H18N4O. The van der Waals surface area contributed by atoms with Gasteiger partial charge < -0.3 is 14.3 Å². The van der Waals surface area contributed by atoms with Crippen LogP contribution in [0.2, 0.25) is 0 Å². The second-order valence-electron chi connectivity index (χ2n) is 3.84. The van der Waals surface area contributed by atoms with Crippen LogP contribution in [0.25, 0.3) is 0 Å². The summed E-state index contributed by atoms with van der Waals surface area (Å²) in [5, 5.41) is 3.81. The molecule has 1 aromatic rings. The molecule has 0 N–H and O–H groups in total. The zero-order valence-electron chi connectivity index (χ0n) is 9.98. The fraction of sp³-hybridized carbons (Fsp3) is 0.600. The van der Waals surface area contributed by atoms with Crippen LogP contribution in [0.5, 0.6) is 0 Å². The zero-order valence-corrected chi connectivity index (χ0v) is 9.98. The fourth-order valence-corrected chi connectivity index (χ4v) is 1.32. The van der Waals surface area contributed by atoms with Crippen molar-refractivity contribution in [1.29, 1.82) is 0 Å². The van der Waals surface area contributed by atoms with Gasteiger partial charge in [-0.25, -0.2) is 4.99 Å². The van der Waals surface area contributed by atoms with Gasteiger partial charge in [-0.3, -0.25) is 0 Å². The molecule has 1 rings (SSSR count). The van der Waals surface area contributed by atoms with Crippen LogP contribution in [0.15, 0.2) is 15.6 Å². The molecule has 5 heteroatoms. The Kier molecular flexibility index (Phi) is 3.71. The summed E-state index contributed by atoms with van der Waals surface area (Å²) < 4.78 is 5.08. The van der Waals surface area contributed by atoms with Crippen molar-refractivity contribution >= 4 is 5.96 Å². The molecule has 0 saturated carbocycles. The molecule has 0 aliphatic rings. The Bertz CT molecular complexity index is 331. The van der Waals surface area contributed by atoms with Crippen LogP contribution >= 0.6 is 0 Å². The van der Waals surface area contributed by atoms with Crippen molar-refractivity contribution in [3.63, 3.8) is 0 Å².